The zero-order valence-corrected chi connectivity index (χ0v) is 25.2. The molecule has 41 heavy (non-hydrogen) atoms. The summed E-state index contributed by atoms with van der Waals surface area (Å²) in [6.45, 7) is 12.8. The molecule has 4 heterocycles. The van der Waals surface area contributed by atoms with Crippen LogP contribution in [0.25, 0.3) is 16.6 Å². The fraction of sp³-hybridized carbons (Fsp3) is 0.545. The molecule has 0 N–H and O–H groups in total. The first-order valence-corrected chi connectivity index (χ1v) is 15.1. The highest BCUT2D eigenvalue weighted by atomic mass is 19.1. The molecule has 2 aliphatic heterocycles. The van der Waals surface area contributed by atoms with Crippen molar-refractivity contribution in [2.75, 3.05) is 39.8 Å². The average Bonchev–Trinajstić information content (AvgIpc) is 3.32. The third kappa shape index (κ3) is 6.32. The molecular weight excluding hydrogens is 517 g/mol. The Labute approximate surface area is 243 Å². The number of rotatable bonds is 7. The quantitative estimate of drug-likeness (QED) is 0.384. The molecule has 2 amide bonds. The first-order valence-electron chi connectivity index (χ1n) is 15.1. The lowest BCUT2D eigenvalue weighted by molar-refractivity contribution is -0.130. The zero-order chi connectivity index (χ0) is 29.3. The summed E-state index contributed by atoms with van der Waals surface area (Å²) < 4.78 is 16.4. The highest BCUT2D eigenvalue weighted by Crippen LogP contribution is 2.33. The molecular formula is C33H44FN5O2. The predicted molar refractivity (Wildman–Crippen MR) is 161 cm³/mol. The van der Waals surface area contributed by atoms with E-state index in [1.807, 2.05) is 35.7 Å². The first kappa shape index (κ1) is 29.2. The van der Waals surface area contributed by atoms with Crippen molar-refractivity contribution >= 4 is 22.7 Å². The molecule has 0 unspecified atom stereocenters. The van der Waals surface area contributed by atoms with Crippen LogP contribution in [0.3, 0.4) is 0 Å². The van der Waals surface area contributed by atoms with Gasteiger partial charge >= 0.3 is 0 Å². The van der Waals surface area contributed by atoms with Crippen LogP contribution in [-0.4, -0.2) is 81.9 Å². The van der Waals surface area contributed by atoms with Crippen molar-refractivity contribution in [1.29, 1.82) is 0 Å². The summed E-state index contributed by atoms with van der Waals surface area (Å²) in [5, 5.41) is 1.18. The minimum Gasteiger partial charge on any atom is -0.343 e. The Kier molecular flexibility index (Phi) is 8.78. The van der Waals surface area contributed by atoms with Gasteiger partial charge in [-0.2, -0.15) is 0 Å². The molecule has 220 valence electrons. The number of benzene rings is 1. The van der Waals surface area contributed by atoms with Gasteiger partial charge in [-0.1, -0.05) is 0 Å². The van der Waals surface area contributed by atoms with Gasteiger partial charge < -0.3 is 19.3 Å². The molecule has 7 nitrogen and oxygen atoms in total. The van der Waals surface area contributed by atoms with Crippen molar-refractivity contribution in [3.8, 4) is 5.69 Å². The largest absolute Gasteiger partial charge is 0.343 e. The second-order valence-corrected chi connectivity index (χ2v) is 12.4. The number of hydrogen-bond donors (Lipinski definition) is 0. The molecule has 2 saturated heterocycles. The standard InChI is InChI=1S/C33H44FN5O2/c1-22(2)36(5)33(41)29-17-28(34)6-7-30(29)39-21-27(32-23(3)18-35-19-31(32)39)16-25-8-12-37(13-9-25)20-26-10-14-38(15-11-26)24(4)40/h6-7,17-19,21-22,25-26H,8-16,20H2,1-5H3. The molecule has 2 fully saturated rings. The van der Waals surface area contributed by atoms with Crippen molar-refractivity contribution in [3.05, 3.63) is 59.3 Å². The molecule has 2 aliphatic rings. The maximum absolute atomic E-state index is 14.4. The number of halogens is 1. The number of fused-ring (bicyclic) bond motifs is 1. The van der Waals surface area contributed by atoms with Crippen molar-refractivity contribution in [3.63, 3.8) is 0 Å². The second-order valence-electron chi connectivity index (χ2n) is 12.4. The number of amides is 2. The van der Waals surface area contributed by atoms with Crippen molar-refractivity contribution in [1.82, 2.24) is 24.3 Å². The number of aromatic nitrogens is 2. The summed E-state index contributed by atoms with van der Waals surface area (Å²) in [4.78, 5) is 35.8. The molecule has 2 aromatic heterocycles. The van der Waals surface area contributed by atoms with Crippen molar-refractivity contribution < 1.29 is 14.0 Å². The minimum absolute atomic E-state index is 0.00119. The van der Waals surface area contributed by atoms with Gasteiger partial charge in [0.05, 0.1) is 23.0 Å². The van der Waals surface area contributed by atoms with E-state index in [9.17, 15) is 14.0 Å². The summed E-state index contributed by atoms with van der Waals surface area (Å²) in [5.41, 5.74) is 4.35. The maximum atomic E-state index is 14.4. The number of nitrogens with zero attached hydrogens (tertiary/aromatic N) is 5. The van der Waals surface area contributed by atoms with Gasteiger partial charge in [0.25, 0.3) is 5.91 Å². The van der Waals surface area contributed by atoms with Gasteiger partial charge in [-0.3, -0.25) is 14.6 Å². The van der Waals surface area contributed by atoms with Gasteiger partial charge in [-0.15, -0.1) is 0 Å². The molecule has 3 aromatic rings. The third-order valence-corrected chi connectivity index (χ3v) is 9.32. The SMILES string of the molecule is CC(=O)N1CCC(CN2CCC(Cc3cn(-c4ccc(F)cc4C(=O)N(C)C(C)C)c4cncc(C)c34)CC2)CC1. The molecule has 0 aliphatic carbocycles. The Bertz CT molecular complexity index is 1400. The van der Waals surface area contributed by atoms with E-state index in [2.05, 4.69) is 23.0 Å². The first-order chi connectivity index (χ1) is 19.6. The van der Waals surface area contributed by atoms with Crippen LogP contribution in [0, 0.1) is 24.6 Å². The Hall–Kier alpha value is -3.26. The molecule has 0 saturated carbocycles. The smallest absolute Gasteiger partial charge is 0.256 e. The van der Waals surface area contributed by atoms with Crippen LogP contribution in [0.1, 0.15) is 67.9 Å². The lowest BCUT2D eigenvalue weighted by Crippen LogP contribution is -2.42. The third-order valence-electron chi connectivity index (χ3n) is 9.32. The summed E-state index contributed by atoms with van der Waals surface area (Å²) in [6.07, 6.45) is 11.4. The Morgan fingerprint density at radius 1 is 1.05 bits per heavy atom. The molecule has 5 rings (SSSR count). The van der Waals surface area contributed by atoms with Gasteiger partial charge in [0.2, 0.25) is 5.91 Å². The normalized spacial score (nSPS) is 17.5. The topological polar surface area (TPSA) is 61.7 Å². The lowest BCUT2D eigenvalue weighted by atomic mass is 9.88. The van der Waals surface area contributed by atoms with Crippen LogP contribution < -0.4 is 0 Å². The summed E-state index contributed by atoms with van der Waals surface area (Å²) >= 11 is 0. The molecule has 0 radical (unpaired) electrons. The lowest BCUT2D eigenvalue weighted by Gasteiger charge is -2.37. The minimum atomic E-state index is -0.420. The van der Waals surface area contributed by atoms with E-state index < -0.39 is 5.82 Å². The molecule has 0 spiro atoms. The zero-order valence-electron chi connectivity index (χ0n) is 25.2. The number of piperidine rings is 2. The highest BCUT2D eigenvalue weighted by molar-refractivity contribution is 5.99. The van der Waals surface area contributed by atoms with E-state index in [1.165, 1.54) is 23.1 Å². The summed E-state index contributed by atoms with van der Waals surface area (Å²) in [6, 6.07) is 4.49. The van der Waals surface area contributed by atoms with Gasteiger partial charge in [-0.05, 0) is 107 Å². The molecule has 8 heteroatoms. The number of aryl methyl sites for hydroxylation is 1. The monoisotopic (exact) mass is 561 g/mol. The molecule has 0 atom stereocenters. The number of carbonyl (C=O) groups excluding carboxylic acids is 2. The van der Waals surface area contributed by atoms with Crippen LogP contribution >= 0.6 is 0 Å². The summed E-state index contributed by atoms with van der Waals surface area (Å²) in [5.74, 6) is 0.840. The number of hydrogen-bond acceptors (Lipinski definition) is 4. The predicted octanol–water partition coefficient (Wildman–Crippen LogP) is 5.47. The fourth-order valence-electron chi connectivity index (χ4n) is 6.59. The summed E-state index contributed by atoms with van der Waals surface area (Å²) in [7, 11) is 1.76. The van der Waals surface area contributed by atoms with Gasteiger partial charge in [0, 0.05) is 57.4 Å². The average molecular weight is 562 g/mol. The van der Waals surface area contributed by atoms with Crippen LogP contribution in [0.4, 0.5) is 4.39 Å². The number of carbonyl (C=O) groups is 2. The number of likely N-dealkylation sites (tertiary alicyclic amines) is 2. The Balaban J connectivity index is 1.33. The second kappa shape index (κ2) is 12.3. The van der Waals surface area contributed by atoms with Gasteiger partial charge in [-0.25, -0.2) is 4.39 Å². The van der Waals surface area contributed by atoms with Crippen LogP contribution in [-0.2, 0) is 11.2 Å². The van der Waals surface area contributed by atoms with Gasteiger partial charge in [0.15, 0.2) is 0 Å². The Morgan fingerprint density at radius 3 is 2.39 bits per heavy atom. The maximum Gasteiger partial charge on any atom is 0.256 e. The van der Waals surface area contributed by atoms with E-state index >= 15 is 0 Å². The van der Waals surface area contributed by atoms with Crippen molar-refractivity contribution in [2.24, 2.45) is 11.8 Å². The van der Waals surface area contributed by atoms with E-state index in [-0.39, 0.29) is 17.9 Å². The van der Waals surface area contributed by atoms with E-state index in [0.717, 1.165) is 75.9 Å². The van der Waals surface area contributed by atoms with Crippen molar-refractivity contribution in [2.45, 2.75) is 65.8 Å². The van der Waals surface area contributed by atoms with Crippen LogP contribution in [0.15, 0.2) is 36.8 Å². The molecule has 0 bridgehead atoms. The van der Waals surface area contributed by atoms with E-state index in [4.69, 9.17) is 0 Å². The number of pyridine rings is 1. The van der Waals surface area contributed by atoms with Crippen LogP contribution in [0.5, 0.6) is 0 Å². The fourth-order valence-corrected chi connectivity index (χ4v) is 6.59. The van der Waals surface area contributed by atoms with E-state index in [1.54, 1.807) is 24.9 Å². The molecule has 1 aromatic carbocycles. The Morgan fingerprint density at radius 2 is 1.73 bits per heavy atom. The van der Waals surface area contributed by atoms with Crippen LogP contribution in [0.2, 0.25) is 0 Å². The van der Waals surface area contributed by atoms with Gasteiger partial charge in [0.1, 0.15) is 5.82 Å². The van der Waals surface area contributed by atoms with E-state index in [0.29, 0.717) is 23.1 Å². The highest BCUT2D eigenvalue weighted by Gasteiger charge is 2.27.